The molecule has 5 rings (SSSR count). The van der Waals surface area contributed by atoms with Crippen molar-refractivity contribution in [3.63, 3.8) is 0 Å². The van der Waals surface area contributed by atoms with Crippen molar-refractivity contribution < 1.29 is 17.5 Å². The molecular formula is C41H45N2O3S+. The molecule has 0 heterocycles. The van der Waals surface area contributed by atoms with Gasteiger partial charge in [-0.25, -0.2) is 0 Å². The van der Waals surface area contributed by atoms with E-state index in [-0.39, 0.29) is 4.90 Å². The van der Waals surface area contributed by atoms with Crippen LogP contribution in [0.1, 0.15) is 63.6 Å². The standard InChI is InChI=1S/C41H44N2O3S/c1-5-27-42(33-17-11-9-12-18-33)35-23-25-37(31(7-3)29-35)41(39-21-15-16-22-40(39)47(44,45)46)38-26-24-36(30-32(38)8-4)43(28-6-2)34-19-13-10-14-20-34/h9-26,29-30H,5-8,27-28H2,1-4H3/p+1. The van der Waals surface area contributed by atoms with E-state index in [0.29, 0.717) is 5.56 Å². The Kier molecular flexibility index (Phi) is 11.1. The Hall–Kier alpha value is -4.52. The lowest BCUT2D eigenvalue weighted by atomic mass is 9.83. The van der Waals surface area contributed by atoms with Crippen LogP contribution in [0, 0.1) is 0 Å². The molecule has 4 aromatic carbocycles. The number of rotatable bonds is 12. The molecule has 1 aliphatic carbocycles. The van der Waals surface area contributed by atoms with Crippen molar-refractivity contribution in [2.24, 2.45) is 0 Å². The number of benzene rings is 4. The van der Waals surface area contributed by atoms with E-state index in [0.717, 1.165) is 89.4 Å². The van der Waals surface area contributed by atoms with Crippen molar-refractivity contribution in [2.45, 2.75) is 58.3 Å². The van der Waals surface area contributed by atoms with E-state index in [4.69, 9.17) is 0 Å². The van der Waals surface area contributed by atoms with Crippen LogP contribution in [-0.4, -0.2) is 36.3 Å². The van der Waals surface area contributed by atoms with E-state index in [1.807, 2.05) is 18.2 Å². The fourth-order valence-electron chi connectivity index (χ4n) is 6.38. The minimum atomic E-state index is -4.50. The molecule has 6 heteroatoms. The summed E-state index contributed by atoms with van der Waals surface area (Å²) >= 11 is 0. The molecule has 0 saturated carbocycles. The van der Waals surface area contributed by atoms with Gasteiger partial charge in [0.05, 0.1) is 0 Å². The molecule has 0 saturated heterocycles. The number of allylic oxidation sites excluding steroid dienone is 5. The number of aryl methyl sites for hydroxylation is 1. The first-order valence-electron chi connectivity index (χ1n) is 16.7. The minimum absolute atomic E-state index is 0.0963. The average molecular weight is 646 g/mol. The van der Waals surface area contributed by atoms with Gasteiger partial charge < -0.3 is 4.90 Å². The van der Waals surface area contributed by atoms with E-state index >= 15 is 0 Å². The summed E-state index contributed by atoms with van der Waals surface area (Å²) in [4.78, 5) is 2.23. The SMILES string of the molecule is CCCN(c1ccccc1)c1ccc(C(=C2C=CC(=[N+](CCC)c3ccccc3)C=C2CC)c2ccccc2S(=O)(=O)O)c(CC)c1. The van der Waals surface area contributed by atoms with Gasteiger partial charge in [-0.05, 0) is 83.5 Å². The van der Waals surface area contributed by atoms with Gasteiger partial charge in [-0.15, -0.1) is 0 Å². The van der Waals surface area contributed by atoms with Gasteiger partial charge in [0.25, 0.3) is 10.1 Å². The topological polar surface area (TPSA) is 60.6 Å². The van der Waals surface area contributed by atoms with Crippen molar-refractivity contribution >= 4 is 38.5 Å². The molecule has 0 atom stereocenters. The van der Waals surface area contributed by atoms with Gasteiger partial charge in [-0.1, -0.05) is 88.4 Å². The van der Waals surface area contributed by atoms with E-state index in [1.165, 1.54) is 6.07 Å². The second kappa shape index (κ2) is 15.4. The Morgan fingerprint density at radius 3 is 2.04 bits per heavy atom. The van der Waals surface area contributed by atoms with Gasteiger partial charge in [0, 0.05) is 54.2 Å². The molecule has 0 bridgehead atoms. The van der Waals surface area contributed by atoms with Gasteiger partial charge in [0.15, 0.2) is 0 Å². The molecule has 0 radical (unpaired) electrons. The highest BCUT2D eigenvalue weighted by atomic mass is 32.2. The molecule has 47 heavy (non-hydrogen) atoms. The third-order valence-electron chi connectivity index (χ3n) is 8.57. The average Bonchev–Trinajstić information content (AvgIpc) is 3.10. The number of hydrogen-bond acceptors (Lipinski definition) is 3. The molecule has 1 N–H and O–H groups in total. The largest absolute Gasteiger partial charge is 0.341 e. The lowest BCUT2D eigenvalue weighted by Crippen LogP contribution is -2.18. The molecule has 0 unspecified atom stereocenters. The Bertz CT molecular complexity index is 1940. The molecular weight excluding hydrogens is 601 g/mol. The first-order chi connectivity index (χ1) is 22.8. The Morgan fingerprint density at radius 2 is 1.40 bits per heavy atom. The highest BCUT2D eigenvalue weighted by molar-refractivity contribution is 7.86. The third-order valence-corrected chi connectivity index (χ3v) is 9.48. The highest BCUT2D eigenvalue weighted by Crippen LogP contribution is 2.40. The van der Waals surface area contributed by atoms with Crippen LogP contribution < -0.4 is 4.90 Å². The molecule has 5 nitrogen and oxygen atoms in total. The monoisotopic (exact) mass is 645 g/mol. The zero-order valence-electron chi connectivity index (χ0n) is 27.9. The van der Waals surface area contributed by atoms with E-state index in [9.17, 15) is 13.0 Å². The van der Waals surface area contributed by atoms with Crippen LogP contribution in [0.5, 0.6) is 0 Å². The normalized spacial score (nSPS) is 15.3. The molecule has 242 valence electrons. The molecule has 4 aromatic rings. The fourth-order valence-corrected chi connectivity index (χ4v) is 7.08. The lowest BCUT2D eigenvalue weighted by Gasteiger charge is -2.27. The molecule has 0 amide bonds. The van der Waals surface area contributed by atoms with Gasteiger partial charge >= 0.3 is 0 Å². The summed E-state index contributed by atoms with van der Waals surface area (Å²) in [7, 11) is -4.50. The summed E-state index contributed by atoms with van der Waals surface area (Å²) in [6.07, 6.45) is 9.94. The summed E-state index contributed by atoms with van der Waals surface area (Å²) in [5, 5.41) is 0. The molecule has 0 spiro atoms. The van der Waals surface area contributed by atoms with Gasteiger partial charge in [-0.2, -0.15) is 13.0 Å². The molecule has 1 aliphatic rings. The van der Waals surface area contributed by atoms with Crippen molar-refractivity contribution in [3.05, 3.63) is 149 Å². The van der Waals surface area contributed by atoms with Crippen LogP contribution in [0.3, 0.4) is 0 Å². The van der Waals surface area contributed by atoms with Crippen molar-refractivity contribution in [2.75, 3.05) is 18.0 Å². The Morgan fingerprint density at radius 1 is 0.723 bits per heavy atom. The van der Waals surface area contributed by atoms with Crippen molar-refractivity contribution in [1.29, 1.82) is 0 Å². The summed E-state index contributed by atoms with van der Waals surface area (Å²) in [5.74, 6) is 0. The van der Waals surface area contributed by atoms with Crippen molar-refractivity contribution in [1.82, 2.24) is 0 Å². The number of anilines is 2. The zero-order chi connectivity index (χ0) is 33.4. The summed E-state index contributed by atoms with van der Waals surface area (Å²) in [6.45, 7) is 10.4. The smallest absolute Gasteiger partial charge is 0.295 e. The van der Waals surface area contributed by atoms with Gasteiger partial charge in [-0.3, -0.25) is 4.55 Å². The molecule has 0 aromatic heterocycles. The lowest BCUT2D eigenvalue weighted by molar-refractivity contribution is -0.439. The number of hydrogen-bond donors (Lipinski definition) is 1. The zero-order valence-corrected chi connectivity index (χ0v) is 28.7. The number of nitrogens with zero attached hydrogens (tertiary/aromatic N) is 2. The first kappa shape index (κ1) is 33.8. The fraction of sp³-hybridized carbons (Fsp3) is 0.244. The predicted octanol–water partition coefficient (Wildman–Crippen LogP) is 9.95. The minimum Gasteiger partial charge on any atom is -0.341 e. The van der Waals surface area contributed by atoms with Crippen LogP contribution >= 0.6 is 0 Å². The van der Waals surface area contributed by atoms with Gasteiger partial charge in [0.2, 0.25) is 11.4 Å². The molecule has 0 fully saturated rings. The predicted molar refractivity (Wildman–Crippen MR) is 196 cm³/mol. The third kappa shape index (κ3) is 7.56. The molecule has 0 aliphatic heterocycles. The summed E-state index contributed by atoms with van der Waals surface area (Å²) in [6, 6.07) is 34.0. The van der Waals surface area contributed by atoms with Crippen LogP contribution in [0.15, 0.2) is 137 Å². The second-order valence-corrected chi connectivity index (χ2v) is 13.1. The van der Waals surface area contributed by atoms with E-state index in [1.54, 1.807) is 12.1 Å². The van der Waals surface area contributed by atoms with Crippen molar-refractivity contribution in [3.8, 4) is 0 Å². The van der Waals surface area contributed by atoms with Crippen LogP contribution in [0.25, 0.3) is 5.57 Å². The van der Waals surface area contributed by atoms with Crippen LogP contribution in [0.2, 0.25) is 0 Å². The van der Waals surface area contributed by atoms with Crippen LogP contribution in [0.4, 0.5) is 17.1 Å². The maximum absolute atomic E-state index is 12.8. The second-order valence-electron chi connectivity index (χ2n) is 11.7. The van der Waals surface area contributed by atoms with Crippen LogP contribution in [-0.2, 0) is 16.5 Å². The van der Waals surface area contributed by atoms with E-state index < -0.39 is 10.1 Å². The first-order valence-corrected chi connectivity index (χ1v) is 18.1. The van der Waals surface area contributed by atoms with E-state index in [2.05, 4.69) is 122 Å². The maximum atomic E-state index is 12.8. The quantitative estimate of drug-likeness (QED) is 0.123. The Labute approximate surface area is 280 Å². The summed E-state index contributed by atoms with van der Waals surface area (Å²) < 4.78 is 38.3. The highest BCUT2D eigenvalue weighted by Gasteiger charge is 2.26. The summed E-state index contributed by atoms with van der Waals surface area (Å²) in [5.41, 5.74) is 9.82. The van der Waals surface area contributed by atoms with Gasteiger partial charge in [0.1, 0.15) is 11.4 Å². The Balaban J connectivity index is 1.78. The number of para-hydroxylation sites is 2. The maximum Gasteiger partial charge on any atom is 0.295 e.